The normalized spacial score (nSPS) is 11.4. The Hall–Kier alpha value is -2.51. The molecule has 0 aliphatic heterocycles. The quantitative estimate of drug-likeness (QED) is 0.906. The molecule has 1 aromatic heterocycles. The highest BCUT2D eigenvalue weighted by Crippen LogP contribution is 2.32. The van der Waals surface area contributed by atoms with Gasteiger partial charge in [0.05, 0.1) is 23.4 Å². The van der Waals surface area contributed by atoms with Gasteiger partial charge in [0.1, 0.15) is 0 Å². The van der Waals surface area contributed by atoms with Crippen LogP contribution in [0.2, 0.25) is 0 Å². The SMILES string of the molecule is Cc1cc(CNc2ccc(C(F)(F)F)cc2C(=O)O)on1. The fourth-order valence-electron chi connectivity index (χ4n) is 1.73. The molecule has 0 saturated carbocycles. The summed E-state index contributed by atoms with van der Waals surface area (Å²) in [5.41, 5.74) is -0.746. The van der Waals surface area contributed by atoms with E-state index in [9.17, 15) is 18.0 Å². The van der Waals surface area contributed by atoms with Crippen molar-refractivity contribution in [3.63, 3.8) is 0 Å². The average molecular weight is 300 g/mol. The van der Waals surface area contributed by atoms with Crippen LogP contribution in [-0.4, -0.2) is 16.2 Å². The number of nitrogens with one attached hydrogen (secondary N) is 1. The zero-order valence-corrected chi connectivity index (χ0v) is 10.9. The van der Waals surface area contributed by atoms with E-state index in [0.29, 0.717) is 17.5 Å². The molecule has 2 aromatic rings. The summed E-state index contributed by atoms with van der Waals surface area (Å²) in [6, 6.07) is 4.13. The van der Waals surface area contributed by atoms with Crippen LogP contribution in [0, 0.1) is 6.92 Å². The molecule has 21 heavy (non-hydrogen) atoms. The van der Waals surface area contributed by atoms with Crippen molar-refractivity contribution in [2.75, 3.05) is 5.32 Å². The summed E-state index contributed by atoms with van der Waals surface area (Å²) in [6.45, 7) is 1.83. The molecule has 8 heteroatoms. The summed E-state index contributed by atoms with van der Waals surface area (Å²) in [5.74, 6) is -0.999. The van der Waals surface area contributed by atoms with Crippen LogP contribution in [-0.2, 0) is 12.7 Å². The molecule has 0 aliphatic rings. The van der Waals surface area contributed by atoms with Gasteiger partial charge in [-0.25, -0.2) is 4.79 Å². The van der Waals surface area contributed by atoms with Crippen molar-refractivity contribution in [1.82, 2.24) is 5.16 Å². The van der Waals surface area contributed by atoms with Gasteiger partial charge >= 0.3 is 12.1 Å². The van der Waals surface area contributed by atoms with E-state index in [1.54, 1.807) is 13.0 Å². The number of carboxylic acids is 1. The monoisotopic (exact) mass is 300 g/mol. The molecule has 0 aliphatic carbocycles. The van der Waals surface area contributed by atoms with Gasteiger partial charge in [-0.3, -0.25) is 0 Å². The average Bonchev–Trinajstić information content (AvgIpc) is 2.80. The number of alkyl halides is 3. The van der Waals surface area contributed by atoms with Crippen molar-refractivity contribution >= 4 is 11.7 Å². The van der Waals surface area contributed by atoms with Gasteiger partial charge in [0.2, 0.25) is 0 Å². The van der Waals surface area contributed by atoms with E-state index in [-0.39, 0.29) is 12.2 Å². The molecule has 0 unspecified atom stereocenters. The predicted molar refractivity (Wildman–Crippen MR) is 67.0 cm³/mol. The van der Waals surface area contributed by atoms with Gasteiger partial charge in [0.15, 0.2) is 5.76 Å². The first kappa shape index (κ1) is 14.9. The van der Waals surface area contributed by atoms with Crippen LogP contribution in [0.3, 0.4) is 0 Å². The van der Waals surface area contributed by atoms with Crippen LogP contribution in [0.25, 0.3) is 0 Å². The third kappa shape index (κ3) is 3.53. The third-order valence-electron chi connectivity index (χ3n) is 2.71. The van der Waals surface area contributed by atoms with E-state index in [0.717, 1.165) is 12.1 Å². The van der Waals surface area contributed by atoms with Crippen LogP contribution >= 0.6 is 0 Å². The summed E-state index contributed by atoms with van der Waals surface area (Å²) in [5, 5.41) is 15.4. The number of benzene rings is 1. The smallest absolute Gasteiger partial charge is 0.416 e. The summed E-state index contributed by atoms with van der Waals surface area (Å²) in [6.07, 6.45) is -4.59. The molecule has 1 aromatic carbocycles. The lowest BCUT2D eigenvalue weighted by Crippen LogP contribution is -2.10. The van der Waals surface area contributed by atoms with Gasteiger partial charge in [0, 0.05) is 11.8 Å². The Balaban J connectivity index is 2.24. The van der Waals surface area contributed by atoms with E-state index < -0.39 is 23.3 Å². The number of anilines is 1. The number of aromatic carboxylic acids is 1. The lowest BCUT2D eigenvalue weighted by molar-refractivity contribution is -0.137. The number of halogens is 3. The zero-order chi connectivity index (χ0) is 15.6. The molecule has 1 heterocycles. The minimum atomic E-state index is -4.59. The number of aromatic nitrogens is 1. The molecule has 2 N–H and O–H groups in total. The van der Waals surface area contributed by atoms with Gasteiger partial charge in [-0.2, -0.15) is 13.2 Å². The summed E-state index contributed by atoms with van der Waals surface area (Å²) in [7, 11) is 0. The molecule has 5 nitrogen and oxygen atoms in total. The van der Waals surface area contributed by atoms with Crippen LogP contribution < -0.4 is 5.32 Å². The maximum Gasteiger partial charge on any atom is 0.416 e. The summed E-state index contributed by atoms with van der Waals surface area (Å²) < 4.78 is 42.7. The number of rotatable bonds is 4. The molecule has 0 atom stereocenters. The molecule has 112 valence electrons. The van der Waals surface area contributed by atoms with Crippen LogP contribution in [0.4, 0.5) is 18.9 Å². The number of nitrogens with zero attached hydrogens (tertiary/aromatic N) is 1. The van der Waals surface area contributed by atoms with E-state index in [2.05, 4.69) is 10.5 Å². The molecule has 0 bridgehead atoms. The van der Waals surface area contributed by atoms with E-state index >= 15 is 0 Å². The Morgan fingerprint density at radius 3 is 2.62 bits per heavy atom. The largest absolute Gasteiger partial charge is 0.478 e. The van der Waals surface area contributed by atoms with E-state index in [1.165, 1.54) is 0 Å². The Morgan fingerprint density at radius 2 is 2.10 bits per heavy atom. The molecular formula is C13H11F3N2O3. The molecule has 0 spiro atoms. The Labute approximate surface area is 117 Å². The first-order chi connectivity index (χ1) is 9.77. The third-order valence-corrected chi connectivity index (χ3v) is 2.71. The zero-order valence-electron chi connectivity index (χ0n) is 10.9. The maximum absolute atomic E-state index is 12.6. The van der Waals surface area contributed by atoms with Crippen molar-refractivity contribution in [3.05, 3.63) is 46.8 Å². The van der Waals surface area contributed by atoms with E-state index in [4.69, 9.17) is 9.63 Å². The van der Waals surface area contributed by atoms with Crippen molar-refractivity contribution in [3.8, 4) is 0 Å². The van der Waals surface area contributed by atoms with Crippen LogP contribution in [0.1, 0.15) is 27.4 Å². The molecule has 0 fully saturated rings. The van der Waals surface area contributed by atoms with Crippen LogP contribution in [0.5, 0.6) is 0 Å². The van der Waals surface area contributed by atoms with Gasteiger partial charge in [-0.1, -0.05) is 5.16 Å². The van der Waals surface area contributed by atoms with Crippen molar-refractivity contribution in [2.24, 2.45) is 0 Å². The second-order valence-electron chi connectivity index (χ2n) is 4.35. The van der Waals surface area contributed by atoms with Gasteiger partial charge in [0.25, 0.3) is 0 Å². The maximum atomic E-state index is 12.6. The minimum Gasteiger partial charge on any atom is -0.478 e. The van der Waals surface area contributed by atoms with Crippen molar-refractivity contribution in [1.29, 1.82) is 0 Å². The first-order valence-corrected chi connectivity index (χ1v) is 5.88. The Bertz CT molecular complexity index is 665. The Morgan fingerprint density at radius 1 is 1.38 bits per heavy atom. The highest BCUT2D eigenvalue weighted by atomic mass is 19.4. The van der Waals surface area contributed by atoms with Crippen LogP contribution in [0.15, 0.2) is 28.8 Å². The molecule has 0 radical (unpaired) electrons. The topological polar surface area (TPSA) is 75.4 Å². The Kier molecular flexibility index (Phi) is 3.88. The fourth-order valence-corrected chi connectivity index (χ4v) is 1.73. The molecule has 0 amide bonds. The number of aryl methyl sites for hydroxylation is 1. The highest BCUT2D eigenvalue weighted by Gasteiger charge is 2.31. The summed E-state index contributed by atoms with van der Waals surface area (Å²) in [4.78, 5) is 11.1. The number of carbonyl (C=O) groups is 1. The van der Waals surface area contributed by atoms with Gasteiger partial charge in [-0.15, -0.1) is 0 Å². The van der Waals surface area contributed by atoms with E-state index in [1.807, 2.05) is 0 Å². The van der Waals surface area contributed by atoms with Gasteiger partial charge < -0.3 is 14.9 Å². The number of hydrogen-bond donors (Lipinski definition) is 2. The minimum absolute atomic E-state index is 0.0737. The second-order valence-corrected chi connectivity index (χ2v) is 4.35. The second kappa shape index (κ2) is 5.47. The summed E-state index contributed by atoms with van der Waals surface area (Å²) >= 11 is 0. The predicted octanol–water partition coefficient (Wildman–Crippen LogP) is 3.31. The standard InChI is InChI=1S/C13H11F3N2O3/c1-7-4-9(21-18-7)6-17-11-3-2-8(13(14,15)16)5-10(11)12(19)20/h2-5,17H,6H2,1H3,(H,19,20). The highest BCUT2D eigenvalue weighted by molar-refractivity contribution is 5.94. The fraction of sp³-hybridized carbons (Fsp3) is 0.231. The van der Waals surface area contributed by atoms with Gasteiger partial charge in [-0.05, 0) is 25.1 Å². The lowest BCUT2D eigenvalue weighted by atomic mass is 10.1. The molecule has 0 saturated heterocycles. The molecular weight excluding hydrogens is 289 g/mol. The van der Waals surface area contributed by atoms with Crippen molar-refractivity contribution < 1.29 is 27.6 Å². The number of hydrogen-bond acceptors (Lipinski definition) is 4. The molecule has 2 rings (SSSR count). The number of carboxylic acid groups (broad SMARTS) is 1. The van der Waals surface area contributed by atoms with Crippen molar-refractivity contribution in [2.45, 2.75) is 19.6 Å². The first-order valence-electron chi connectivity index (χ1n) is 5.88. The lowest BCUT2D eigenvalue weighted by Gasteiger charge is -2.12.